The van der Waals surface area contributed by atoms with E-state index in [2.05, 4.69) is 18.8 Å². The molecule has 0 aliphatic carbocycles. The molecular formula is C11H21NO. The molecular weight excluding hydrogens is 162 g/mol. The molecule has 2 nitrogen and oxygen atoms in total. The van der Waals surface area contributed by atoms with Gasteiger partial charge in [-0.25, -0.2) is 0 Å². The zero-order chi connectivity index (χ0) is 9.52. The first kappa shape index (κ1) is 10.7. The summed E-state index contributed by atoms with van der Waals surface area (Å²) in [5.74, 6) is 0.726. The van der Waals surface area contributed by atoms with Crippen molar-refractivity contribution in [2.45, 2.75) is 32.3 Å². The maximum absolute atomic E-state index is 5.49. The Morgan fingerprint density at radius 1 is 1.62 bits per heavy atom. The molecule has 1 N–H and O–H groups in total. The molecule has 0 amide bonds. The molecule has 1 rings (SSSR count). The highest BCUT2D eigenvalue weighted by Gasteiger charge is 2.23. The van der Waals surface area contributed by atoms with E-state index >= 15 is 0 Å². The van der Waals surface area contributed by atoms with Gasteiger partial charge < -0.3 is 10.1 Å². The Balaban J connectivity index is 1.95. The highest BCUT2D eigenvalue weighted by molar-refractivity contribution is 4.74. The second-order valence-corrected chi connectivity index (χ2v) is 3.76. The number of hydrogen-bond acceptors (Lipinski definition) is 2. The highest BCUT2D eigenvalue weighted by atomic mass is 16.5. The van der Waals surface area contributed by atoms with Gasteiger partial charge >= 0.3 is 0 Å². The quantitative estimate of drug-likeness (QED) is 0.502. The monoisotopic (exact) mass is 183 g/mol. The maximum Gasteiger partial charge on any atom is 0.0588 e. The van der Waals surface area contributed by atoms with Crippen molar-refractivity contribution in [2.24, 2.45) is 5.92 Å². The van der Waals surface area contributed by atoms with Crippen LogP contribution in [0.4, 0.5) is 0 Å². The van der Waals surface area contributed by atoms with Crippen molar-refractivity contribution in [3.05, 3.63) is 12.7 Å². The average molecular weight is 183 g/mol. The minimum absolute atomic E-state index is 0.451. The molecule has 1 aliphatic rings. The van der Waals surface area contributed by atoms with E-state index < -0.39 is 0 Å². The molecule has 0 bridgehead atoms. The van der Waals surface area contributed by atoms with Crippen molar-refractivity contribution >= 4 is 0 Å². The van der Waals surface area contributed by atoms with E-state index in [1.807, 2.05) is 6.08 Å². The molecule has 2 heteroatoms. The third kappa shape index (κ3) is 3.92. The predicted octanol–water partition coefficient (Wildman–Crippen LogP) is 1.97. The molecule has 0 spiro atoms. The third-order valence-corrected chi connectivity index (χ3v) is 2.70. The molecule has 1 heterocycles. The normalized spacial score (nSPS) is 27.8. The smallest absolute Gasteiger partial charge is 0.0588 e. The zero-order valence-corrected chi connectivity index (χ0v) is 8.59. The SMILES string of the molecule is C=CCCCNCC1CCOC1C. The summed E-state index contributed by atoms with van der Waals surface area (Å²) in [7, 11) is 0. The highest BCUT2D eigenvalue weighted by Crippen LogP contribution is 2.19. The van der Waals surface area contributed by atoms with Gasteiger partial charge in [0.15, 0.2) is 0 Å². The Hall–Kier alpha value is -0.340. The summed E-state index contributed by atoms with van der Waals surface area (Å²) in [6.07, 6.45) is 5.96. The molecule has 0 saturated carbocycles. The summed E-state index contributed by atoms with van der Waals surface area (Å²) in [6.45, 7) is 9.03. The second kappa shape index (κ2) is 6.17. The van der Waals surface area contributed by atoms with Crippen LogP contribution in [0.25, 0.3) is 0 Å². The summed E-state index contributed by atoms with van der Waals surface area (Å²) in [4.78, 5) is 0. The molecule has 0 aromatic rings. The number of hydrogen-bond donors (Lipinski definition) is 1. The summed E-state index contributed by atoms with van der Waals surface area (Å²) < 4.78 is 5.49. The third-order valence-electron chi connectivity index (χ3n) is 2.70. The van der Waals surface area contributed by atoms with Crippen molar-refractivity contribution < 1.29 is 4.74 Å². The maximum atomic E-state index is 5.49. The van der Waals surface area contributed by atoms with Crippen molar-refractivity contribution in [3.8, 4) is 0 Å². The Morgan fingerprint density at radius 3 is 3.08 bits per heavy atom. The minimum atomic E-state index is 0.451. The van der Waals surface area contributed by atoms with Crippen molar-refractivity contribution in [1.82, 2.24) is 5.32 Å². The van der Waals surface area contributed by atoms with E-state index in [1.165, 1.54) is 12.8 Å². The Morgan fingerprint density at radius 2 is 2.46 bits per heavy atom. The van der Waals surface area contributed by atoms with E-state index in [0.717, 1.165) is 32.0 Å². The molecule has 1 fully saturated rings. The second-order valence-electron chi connectivity index (χ2n) is 3.76. The van der Waals surface area contributed by atoms with Gasteiger partial charge in [-0.3, -0.25) is 0 Å². The number of ether oxygens (including phenoxy) is 1. The lowest BCUT2D eigenvalue weighted by molar-refractivity contribution is 0.105. The van der Waals surface area contributed by atoms with Gasteiger partial charge in [0, 0.05) is 13.2 Å². The van der Waals surface area contributed by atoms with Gasteiger partial charge in [0.05, 0.1) is 6.10 Å². The van der Waals surface area contributed by atoms with Gasteiger partial charge in [-0.05, 0) is 38.6 Å². The van der Waals surface area contributed by atoms with Crippen molar-refractivity contribution in [2.75, 3.05) is 19.7 Å². The molecule has 76 valence electrons. The average Bonchev–Trinajstić information content (AvgIpc) is 2.52. The number of nitrogens with one attached hydrogen (secondary N) is 1. The van der Waals surface area contributed by atoms with E-state index in [0.29, 0.717) is 6.10 Å². The first-order valence-corrected chi connectivity index (χ1v) is 5.28. The van der Waals surface area contributed by atoms with E-state index in [-0.39, 0.29) is 0 Å². The number of rotatable bonds is 6. The van der Waals surface area contributed by atoms with Gasteiger partial charge in [-0.15, -0.1) is 6.58 Å². The van der Waals surface area contributed by atoms with Crippen LogP contribution in [-0.2, 0) is 4.74 Å². The summed E-state index contributed by atoms with van der Waals surface area (Å²) >= 11 is 0. The topological polar surface area (TPSA) is 21.3 Å². The standard InChI is InChI=1S/C11H21NO/c1-3-4-5-7-12-9-11-6-8-13-10(11)2/h3,10-12H,1,4-9H2,2H3. The van der Waals surface area contributed by atoms with E-state index in [9.17, 15) is 0 Å². The lowest BCUT2D eigenvalue weighted by atomic mass is 10.0. The summed E-state index contributed by atoms with van der Waals surface area (Å²) in [5.41, 5.74) is 0. The zero-order valence-electron chi connectivity index (χ0n) is 8.59. The van der Waals surface area contributed by atoms with Gasteiger partial charge in [0.25, 0.3) is 0 Å². The van der Waals surface area contributed by atoms with E-state index in [4.69, 9.17) is 4.74 Å². The largest absolute Gasteiger partial charge is 0.378 e. The van der Waals surface area contributed by atoms with E-state index in [1.54, 1.807) is 0 Å². The number of unbranched alkanes of at least 4 members (excludes halogenated alkanes) is 1. The first-order valence-electron chi connectivity index (χ1n) is 5.28. The van der Waals surface area contributed by atoms with Crippen LogP contribution in [0.3, 0.4) is 0 Å². The van der Waals surface area contributed by atoms with Gasteiger partial charge in [-0.2, -0.15) is 0 Å². The summed E-state index contributed by atoms with van der Waals surface area (Å²) in [6, 6.07) is 0. The molecule has 2 unspecified atom stereocenters. The van der Waals surface area contributed by atoms with Gasteiger partial charge in [0.1, 0.15) is 0 Å². The molecule has 1 aliphatic heterocycles. The van der Waals surface area contributed by atoms with Crippen LogP contribution in [0.1, 0.15) is 26.2 Å². The first-order chi connectivity index (χ1) is 6.34. The Kier molecular flexibility index (Phi) is 5.09. The lowest BCUT2D eigenvalue weighted by Gasteiger charge is -2.14. The van der Waals surface area contributed by atoms with Gasteiger partial charge in [-0.1, -0.05) is 6.08 Å². The fourth-order valence-electron chi connectivity index (χ4n) is 1.70. The molecule has 1 saturated heterocycles. The lowest BCUT2D eigenvalue weighted by Crippen LogP contribution is -2.27. The van der Waals surface area contributed by atoms with Crippen LogP contribution in [0.2, 0.25) is 0 Å². The fraction of sp³-hybridized carbons (Fsp3) is 0.818. The molecule has 0 aromatic heterocycles. The Labute approximate surface area is 81.4 Å². The van der Waals surface area contributed by atoms with Crippen LogP contribution >= 0.6 is 0 Å². The fourth-order valence-corrected chi connectivity index (χ4v) is 1.70. The van der Waals surface area contributed by atoms with Crippen molar-refractivity contribution in [3.63, 3.8) is 0 Å². The predicted molar refractivity (Wildman–Crippen MR) is 55.8 cm³/mol. The van der Waals surface area contributed by atoms with Crippen LogP contribution in [-0.4, -0.2) is 25.8 Å². The number of allylic oxidation sites excluding steroid dienone is 1. The molecule has 2 atom stereocenters. The molecule has 0 radical (unpaired) electrons. The van der Waals surface area contributed by atoms with Crippen LogP contribution in [0.5, 0.6) is 0 Å². The Bertz CT molecular complexity index is 147. The van der Waals surface area contributed by atoms with Crippen LogP contribution < -0.4 is 5.32 Å². The molecule has 13 heavy (non-hydrogen) atoms. The van der Waals surface area contributed by atoms with Gasteiger partial charge in [0.2, 0.25) is 0 Å². The minimum Gasteiger partial charge on any atom is -0.378 e. The van der Waals surface area contributed by atoms with Crippen molar-refractivity contribution in [1.29, 1.82) is 0 Å². The molecule has 0 aromatic carbocycles. The summed E-state index contributed by atoms with van der Waals surface area (Å²) in [5, 5.41) is 3.46. The van der Waals surface area contributed by atoms with Crippen LogP contribution in [0, 0.1) is 5.92 Å². The van der Waals surface area contributed by atoms with Crippen LogP contribution in [0.15, 0.2) is 12.7 Å².